The lowest BCUT2D eigenvalue weighted by molar-refractivity contribution is -0.112. The summed E-state index contributed by atoms with van der Waals surface area (Å²) in [4.78, 5) is 12.3. The van der Waals surface area contributed by atoms with E-state index in [-0.39, 0.29) is 10.6 Å². The molecule has 0 aliphatic rings. The average Bonchev–Trinajstić information content (AvgIpc) is 2.66. The van der Waals surface area contributed by atoms with Crippen molar-refractivity contribution in [3.63, 3.8) is 0 Å². The van der Waals surface area contributed by atoms with E-state index < -0.39 is 5.91 Å². The normalized spacial score (nSPS) is 11.0. The second kappa shape index (κ2) is 7.92. The number of hydrogen-bond acceptors (Lipinski definition) is 3. The van der Waals surface area contributed by atoms with E-state index in [2.05, 4.69) is 10.6 Å². The summed E-state index contributed by atoms with van der Waals surface area (Å²) in [6.45, 7) is 0. The summed E-state index contributed by atoms with van der Waals surface area (Å²) in [7, 11) is 0. The van der Waals surface area contributed by atoms with Crippen LogP contribution in [0.4, 0.5) is 11.4 Å². The van der Waals surface area contributed by atoms with Crippen LogP contribution in [0.25, 0.3) is 10.8 Å². The third kappa shape index (κ3) is 3.97. The summed E-state index contributed by atoms with van der Waals surface area (Å²) in [6, 6.07) is 20.4. The molecule has 0 fully saturated rings. The smallest absolute Gasteiger partial charge is 0.267 e. The quantitative estimate of drug-likeness (QED) is 0.456. The Hall–Kier alpha value is -3.00. The van der Waals surface area contributed by atoms with Crippen LogP contribution in [0.5, 0.6) is 0 Å². The molecule has 6 heteroatoms. The number of benzene rings is 3. The molecule has 0 aromatic heterocycles. The first-order valence-electron chi connectivity index (χ1n) is 7.69. The summed E-state index contributed by atoms with van der Waals surface area (Å²) in [6.07, 6.45) is 1.36. The van der Waals surface area contributed by atoms with Gasteiger partial charge in [-0.25, -0.2) is 0 Å². The molecule has 26 heavy (non-hydrogen) atoms. The van der Waals surface area contributed by atoms with Gasteiger partial charge in [-0.05, 0) is 35.0 Å². The third-order valence-corrected chi connectivity index (χ3v) is 4.52. The summed E-state index contributed by atoms with van der Waals surface area (Å²) < 4.78 is 0. The molecule has 3 aromatic carbocycles. The van der Waals surface area contributed by atoms with E-state index in [1.807, 2.05) is 48.5 Å². The van der Waals surface area contributed by atoms with Crippen LogP contribution in [0.1, 0.15) is 0 Å². The Bertz CT molecular complexity index is 1050. The summed E-state index contributed by atoms with van der Waals surface area (Å²) in [5.41, 5.74) is 1.02. The molecule has 4 nitrogen and oxygen atoms in total. The highest BCUT2D eigenvalue weighted by Crippen LogP contribution is 2.29. The molecule has 0 spiro atoms. The minimum absolute atomic E-state index is 0.0887. The van der Waals surface area contributed by atoms with Crippen LogP contribution in [0, 0.1) is 11.3 Å². The van der Waals surface area contributed by atoms with Crippen LogP contribution in [0.15, 0.2) is 72.4 Å². The van der Waals surface area contributed by atoms with Crippen molar-refractivity contribution in [2.45, 2.75) is 0 Å². The number of hydrogen-bond donors (Lipinski definition) is 2. The first kappa shape index (κ1) is 17.8. The van der Waals surface area contributed by atoms with Gasteiger partial charge in [0.05, 0.1) is 15.7 Å². The van der Waals surface area contributed by atoms with E-state index in [0.717, 1.165) is 16.5 Å². The van der Waals surface area contributed by atoms with Crippen LogP contribution in [0.2, 0.25) is 10.0 Å². The van der Waals surface area contributed by atoms with Crippen molar-refractivity contribution in [3.8, 4) is 6.07 Å². The van der Waals surface area contributed by atoms with E-state index >= 15 is 0 Å². The maximum Gasteiger partial charge on any atom is 0.267 e. The minimum atomic E-state index is -0.579. The monoisotopic (exact) mass is 381 g/mol. The Labute approximate surface area is 160 Å². The number of nitrogens with one attached hydrogen (secondary N) is 2. The fourth-order valence-corrected chi connectivity index (χ4v) is 2.72. The largest absolute Gasteiger partial charge is 0.360 e. The Morgan fingerprint density at radius 2 is 1.77 bits per heavy atom. The Morgan fingerprint density at radius 1 is 1.00 bits per heavy atom. The zero-order valence-electron chi connectivity index (χ0n) is 13.5. The Kier molecular flexibility index (Phi) is 5.43. The molecule has 0 aliphatic carbocycles. The van der Waals surface area contributed by atoms with Crippen molar-refractivity contribution < 1.29 is 4.79 Å². The molecule has 0 bridgehead atoms. The van der Waals surface area contributed by atoms with Crippen LogP contribution >= 0.6 is 23.2 Å². The molecule has 128 valence electrons. The lowest BCUT2D eigenvalue weighted by atomic mass is 10.1. The van der Waals surface area contributed by atoms with Crippen molar-refractivity contribution in [1.82, 2.24) is 0 Å². The molecule has 0 saturated carbocycles. The molecule has 0 radical (unpaired) electrons. The van der Waals surface area contributed by atoms with Gasteiger partial charge < -0.3 is 10.6 Å². The van der Waals surface area contributed by atoms with E-state index in [1.54, 1.807) is 18.2 Å². The van der Waals surface area contributed by atoms with Gasteiger partial charge in [0.15, 0.2) is 0 Å². The molecule has 0 unspecified atom stereocenters. The fourth-order valence-electron chi connectivity index (χ4n) is 2.37. The fraction of sp³-hybridized carbons (Fsp3) is 0. The number of carbonyl (C=O) groups is 1. The van der Waals surface area contributed by atoms with Gasteiger partial charge >= 0.3 is 0 Å². The van der Waals surface area contributed by atoms with E-state index in [9.17, 15) is 10.1 Å². The van der Waals surface area contributed by atoms with Crippen LogP contribution in [-0.2, 0) is 4.79 Å². The maximum absolute atomic E-state index is 12.3. The number of amides is 1. The van der Waals surface area contributed by atoms with Crippen LogP contribution in [-0.4, -0.2) is 5.91 Å². The zero-order valence-corrected chi connectivity index (χ0v) is 15.0. The van der Waals surface area contributed by atoms with Crippen molar-refractivity contribution in [3.05, 3.63) is 82.5 Å². The van der Waals surface area contributed by atoms with Crippen molar-refractivity contribution in [1.29, 1.82) is 5.26 Å². The van der Waals surface area contributed by atoms with Gasteiger partial charge in [-0.2, -0.15) is 5.26 Å². The summed E-state index contributed by atoms with van der Waals surface area (Å²) in [5, 5.41) is 17.5. The van der Waals surface area contributed by atoms with Gasteiger partial charge in [0.2, 0.25) is 0 Å². The number of fused-ring (bicyclic) bond motifs is 1. The Morgan fingerprint density at radius 3 is 2.54 bits per heavy atom. The number of anilines is 2. The van der Waals surface area contributed by atoms with Gasteiger partial charge in [-0.1, -0.05) is 59.6 Å². The van der Waals surface area contributed by atoms with E-state index in [4.69, 9.17) is 23.2 Å². The van der Waals surface area contributed by atoms with Crippen LogP contribution in [0.3, 0.4) is 0 Å². The number of rotatable bonds is 4. The number of carbonyl (C=O) groups excluding carboxylic acids is 1. The number of halogens is 2. The van der Waals surface area contributed by atoms with E-state index in [1.165, 1.54) is 6.20 Å². The zero-order chi connectivity index (χ0) is 18.5. The molecular formula is C20H13Cl2N3O. The van der Waals surface area contributed by atoms with Gasteiger partial charge in [0.1, 0.15) is 11.6 Å². The van der Waals surface area contributed by atoms with Crippen molar-refractivity contribution in [2.24, 2.45) is 0 Å². The molecule has 2 N–H and O–H groups in total. The molecule has 3 aromatic rings. The van der Waals surface area contributed by atoms with Gasteiger partial charge in [0.25, 0.3) is 5.91 Å². The van der Waals surface area contributed by atoms with Crippen molar-refractivity contribution >= 4 is 51.3 Å². The SMILES string of the molecule is N#C/C(=C/Nc1ccc2ccccc2c1)C(=O)Nc1cccc(Cl)c1Cl. The van der Waals surface area contributed by atoms with E-state index in [0.29, 0.717) is 10.7 Å². The second-order valence-corrected chi connectivity index (χ2v) is 6.22. The second-order valence-electron chi connectivity index (χ2n) is 5.43. The summed E-state index contributed by atoms with van der Waals surface area (Å²) in [5.74, 6) is -0.579. The molecular weight excluding hydrogens is 369 g/mol. The van der Waals surface area contributed by atoms with Crippen molar-refractivity contribution in [2.75, 3.05) is 10.6 Å². The average molecular weight is 382 g/mol. The molecule has 0 aliphatic heterocycles. The third-order valence-electron chi connectivity index (χ3n) is 3.70. The molecule has 0 atom stereocenters. The van der Waals surface area contributed by atoms with Crippen LogP contribution < -0.4 is 10.6 Å². The highest BCUT2D eigenvalue weighted by atomic mass is 35.5. The predicted molar refractivity (Wildman–Crippen MR) is 106 cm³/mol. The lowest BCUT2D eigenvalue weighted by Crippen LogP contribution is -2.14. The standard InChI is InChI=1S/C20H13Cl2N3O/c21-17-6-3-7-18(19(17)22)25-20(26)15(11-23)12-24-16-9-8-13-4-1-2-5-14(13)10-16/h1-10,12,24H,(H,25,26)/b15-12-. The highest BCUT2D eigenvalue weighted by Gasteiger charge is 2.12. The molecule has 0 heterocycles. The number of nitriles is 1. The summed E-state index contributed by atoms with van der Waals surface area (Å²) >= 11 is 12.0. The lowest BCUT2D eigenvalue weighted by Gasteiger charge is -2.08. The first-order valence-corrected chi connectivity index (χ1v) is 8.45. The van der Waals surface area contributed by atoms with Gasteiger partial charge in [-0.15, -0.1) is 0 Å². The molecule has 3 rings (SSSR count). The topological polar surface area (TPSA) is 64.9 Å². The Balaban J connectivity index is 1.77. The van der Waals surface area contributed by atoms with Gasteiger partial charge in [-0.3, -0.25) is 4.79 Å². The van der Waals surface area contributed by atoms with Gasteiger partial charge in [0, 0.05) is 11.9 Å². The first-order chi connectivity index (χ1) is 12.6. The molecule has 1 amide bonds. The minimum Gasteiger partial charge on any atom is -0.360 e. The highest BCUT2D eigenvalue weighted by molar-refractivity contribution is 6.44. The molecule has 0 saturated heterocycles. The number of nitrogens with zero attached hydrogens (tertiary/aromatic N) is 1. The predicted octanol–water partition coefficient (Wildman–Crippen LogP) is 5.60. The maximum atomic E-state index is 12.3.